The highest BCUT2D eigenvalue weighted by atomic mass is 14.5. The molecule has 2 nitrogen and oxygen atoms in total. The number of nitrogens with two attached hydrogens (primary N) is 2. The summed E-state index contributed by atoms with van der Waals surface area (Å²) in [6.07, 6.45) is 1.59. The van der Waals surface area contributed by atoms with Crippen LogP contribution in [0, 0.1) is 0 Å². The molecule has 0 fully saturated rings. The van der Waals surface area contributed by atoms with E-state index in [1.165, 1.54) is 0 Å². The molecule has 0 aliphatic heterocycles. The molecule has 0 bridgehead atoms. The first-order chi connectivity index (χ1) is 2.91. The Labute approximate surface area is 39.1 Å². The lowest BCUT2D eigenvalue weighted by atomic mass is 9.75. The topological polar surface area (TPSA) is 52.0 Å². The second kappa shape index (κ2) is 4.98. The van der Waals surface area contributed by atoms with E-state index in [1.54, 1.807) is 0 Å². The van der Waals surface area contributed by atoms with Crippen LogP contribution in [-0.4, -0.2) is 20.3 Å². The van der Waals surface area contributed by atoms with E-state index in [4.69, 9.17) is 11.5 Å². The Morgan fingerprint density at radius 2 is 2.00 bits per heavy atom. The highest BCUT2D eigenvalue weighted by molar-refractivity contribution is 6.35. The minimum atomic E-state index is 0.650. The third kappa shape index (κ3) is 3.98. The minimum Gasteiger partial charge on any atom is -0.338 e. The van der Waals surface area contributed by atoms with Crippen LogP contribution >= 0.6 is 0 Å². The molecule has 4 N–H and O–H groups in total. The smallest absolute Gasteiger partial charge is 0.129 e. The van der Waals surface area contributed by atoms with Gasteiger partial charge in [0.15, 0.2) is 0 Å². The SMILES string of the molecule is NC[B]CCN. The molecule has 1 radical (unpaired) electrons. The standard InChI is InChI=1S/C3H10BN2/c5-2-1-4-3-6/h1-3,5-6H2. The van der Waals surface area contributed by atoms with Crippen molar-refractivity contribution in [2.45, 2.75) is 6.32 Å². The fourth-order valence-electron chi connectivity index (χ4n) is 0.236. The molecule has 35 valence electrons. The molecule has 0 amide bonds. The summed E-state index contributed by atoms with van der Waals surface area (Å²) in [7, 11) is 1.96. The van der Waals surface area contributed by atoms with Crippen molar-refractivity contribution in [2.75, 3.05) is 13.0 Å². The predicted octanol–water partition coefficient (Wildman–Crippen LogP) is -1.02. The van der Waals surface area contributed by atoms with Gasteiger partial charge in [-0.1, -0.05) is 6.32 Å². The first kappa shape index (κ1) is 5.98. The lowest BCUT2D eigenvalue weighted by Gasteiger charge is -1.84. The Morgan fingerprint density at radius 3 is 2.17 bits per heavy atom. The molecule has 0 aliphatic carbocycles. The highest BCUT2D eigenvalue weighted by Crippen LogP contribution is 1.64. The van der Waals surface area contributed by atoms with Gasteiger partial charge in [0.05, 0.1) is 0 Å². The molecule has 3 heteroatoms. The van der Waals surface area contributed by atoms with Gasteiger partial charge < -0.3 is 11.5 Å². The molecule has 6 heavy (non-hydrogen) atoms. The summed E-state index contributed by atoms with van der Waals surface area (Å²) in [5.74, 6) is 0. The average Bonchev–Trinajstić information content (AvgIpc) is 1.61. The van der Waals surface area contributed by atoms with Crippen LogP contribution in [0.5, 0.6) is 0 Å². The molecular formula is C3H10BN2. The van der Waals surface area contributed by atoms with E-state index in [0.29, 0.717) is 6.44 Å². The Balaban J connectivity index is 2.34. The molecule has 0 aliphatic rings. The van der Waals surface area contributed by atoms with Crippen molar-refractivity contribution in [2.24, 2.45) is 11.5 Å². The molecular weight excluding hydrogens is 74.9 g/mol. The third-order valence-corrected chi connectivity index (χ3v) is 0.537. The molecule has 0 saturated carbocycles. The van der Waals surface area contributed by atoms with E-state index in [1.807, 2.05) is 7.28 Å². The largest absolute Gasteiger partial charge is 0.338 e. The van der Waals surface area contributed by atoms with E-state index < -0.39 is 0 Å². The van der Waals surface area contributed by atoms with Crippen LogP contribution in [0.4, 0.5) is 0 Å². The molecule has 0 aromatic heterocycles. The van der Waals surface area contributed by atoms with Crippen molar-refractivity contribution in [3.8, 4) is 0 Å². The van der Waals surface area contributed by atoms with Crippen LogP contribution in [0.25, 0.3) is 0 Å². The second-order valence-electron chi connectivity index (χ2n) is 1.10. The zero-order valence-electron chi connectivity index (χ0n) is 3.85. The van der Waals surface area contributed by atoms with Gasteiger partial charge >= 0.3 is 0 Å². The molecule has 0 heterocycles. The summed E-state index contributed by atoms with van der Waals surface area (Å²) in [5.41, 5.74) is 10.2. The van der Waals surface area contributed by atoms with Crippen molar-refractivity contribution in [3.63, 3.8) is 0 Å². The molecule has 0 aromatic carbocycles. The van der Waals surface area contributed by atoms with E-state index in [9.17, 15) is 0 Å². The van der Waals surface area contributed by atoms with Gasteiger partial charge in [-0.3, -0.25) is 0 Å². The number of hydrogen-bond acceptors (Lipinski definition) is 2. The van der Waals surface area contributed by atoms with Crippen molar-refractivity contribution < 1.29 is 0 Å². The van der Waals surface area contributed by atoms with Gasteiger partial charge in [0.25, 0.3) is 0 Å². The second-order valence-corrected chi connectivity index (χ2v) is 1.10. The van der Waals surface area contributed by atoms with E-state index in [2.05, 4.69) is 0 Å². The molecule has 0 unspecified atom stereocenters. The van der Waals surface area contributed by atoms with Gasteiger partial charge in [-0.2, -0.15) is 0 Å². The molecule has 0 atom stereocenters. The van der Waals surface area contributed by atoms with Crippen molar-refractivity contribution >= 4 is 7.28 Å². The van der Waals surface area contributed by atoms with Gasteiger partial charge in [0.2, 0.25) is 0 Å². The van der Waals surface area contributed by atoms with Gasteiger partial charge in [-0.25, -0.2) is 0 Å². The van der Waals surface area contributed by atoms with E-state index in [0.717, 1.165) is 12.9 Å². The quantitative estimate of drug-likeness (QED) is 0.340. The Bertz CT molecular complexity index is 20.8. The maximum atomic E-state index is 5.13. The summed E-state index contributed by atoms with van der Waals surface area (Å²) in [6, 6.07) is 0. The normalized spacial score (nSPS) is 8.33. The van der Waals surface area contributed by atoms with Crippen molar-refractivity contribution in [3.05, 3.63) is 0 Å². The Hall–Kier alpha value is -0.0151. The summed E-state index contributed by atoms with van der Waals surface area (Å²) in [6.45, 7) is 0.719. The molecule has 0 aromatic rings. The molecule has 0 rings (SSSR count). The van der Waals surface area contributed by atoms with E-state index in [-0.39, 0.29) is 0 Å². The number of hydrogen-bond donors (Lipinski definition) is 2. The van der Waals surface area contributed by atoms with Crippen LogP contribution in [0.1, 0.15) is 0 Å². The van der Waals surface area contributed by atoms with Crippen molar-refractivity contribution in [1.82, 2.24) is 0 Å². The van der Waals surface area contributed by atoms with Gasteiger partial charge in [-0.05, 0) is 13.0 Å². The lowest BCUT2D eigenvalue weighted by Crippen LogP contribution is -2.12. The Kier molecular flexibility index (Phi) is 4.97. The minimum absolute atomic E-state index is 0.650. The van der Waals surface area contributed by atoms with Crippen LogP contribution in [0.2, 0.25) is 6.32 Å². The van der Waals surface area contributed by atoms with Gasteiger partial charge in [0, 0.05) is 0 Å². The molecule has 0 saturated heterocycles. The van der Waals surface area contributed by atoms with Crippen LogP contribution in [0.15, 0.2) is 0 Å². The lowest BCUT2D eigenvalue weighted by molar-refractivity contribution is 1.11. The third-order valence-electron chi connectivity index (χ3n) is 0.537. The fourth-order valence-corrected chi connectivity index (χ4v) is 0.236. The van der Waals surface area contributed by atoms with Crippen LogP contribution < -0.4 is 11.5 Å². The summed E-state index contributed by atoms with van der Waals surface area (Å²) in [5, 5.41) is 0. The maximum absolute atomic E-state index is 5.13. The van der Waals surface area contributed by atoms with Gasteiger partial charge in [0.1, 0.15) is 7.28 Å². The predicted molar refractivity (Wildman–Crippen MR) is 28.7 cm³/mol. The van der Waals surface area contributed by atoms with Crippen molar-refractivity contribution in [1.29, 1.82) is 0 Å². The highest BCUT2D eigenvalue weighted by Gasteiger charge is 1.79. The van der Waals surface area contributed by atoms with Gasteiger partial charge in [-0.15, -0.1) is 0 Å². The zero-order chi connectivity index (χ0) is 4.83. The zero-order valence-corrected chi connectivity index (χ0v) is 3.85. The Morgan fingerprint density at radius 1 is 1.33 bits per heavy atom. The van der Waals surface area contributed by atoms with Crippen LogP contribution in [-0.2, 0) is 0 Å². The summed E-state index contributed by atoms with van der Waals surface area (Å²) in [4.78, 5) is 0. The number of rotatable bonds is 3. The first-order valence-electron chi connectivity index (χ1n) is 2.13. The monoisotopic (exact) mass is 85.1 g/mol. The average molecular weight is 84.9 g/mol. The van der Waals surface area contributed by atoms with Crippen LogP contribution in [0.3, 0.4) is 0 Å². The first-order valence-corrected chi connectivity index (χ1v) is 2.13. The molecule has 0 spiro atoms. The fraction of sp³-hybridized carbons (Fsp3) is 1.00. The summed E-state index contributed by atoms with van der Waals surface area (Å²) >= 11 is 0. The maximum Gasteiger partial charge on any atom is 0.129 e. The van der Waals surface area contributed by atoms with E-state index >= 15 is 0 Å². The summed E-state index contributed by atoms with van der Waals surface area (Å²) < 4.78 is 0.